The molecule has 0 radical (unpaired) electrons. The first kappa shape index (κ1) is 14.8. The van der Waals surface area contributed by atoms with Gasteiger partial charge in [-0.25, -0.2) is 0 Å². The molecule has 0 spiro atoms. The maximum Gasteiger partial charge on any atom is 0.264 e. The molecule has 22 heavy (non-hydrogen) atoms. The predicted molar refractivity (Wildman–Crippen MR) is 84.2 cm³/mol. The lowest BCUT2D eigenvalue weighted by atomic mass is 10.2. The lowest BCUT2D eigenvalue weighted by Crippen LogP contribution is -2.50. The molecule has 2 amide bonds. The lowest BCUT2D eigenvalue weighted by molar-refractivity contribution is 0.0537. The number of amides is 2. The Hall–Kier alpha value is -2.15. The molecule has 0 saturated carbocycles. The maximum atomic E-state index is 12.4. The van der Waals surface area contributed by atoms with E-state index in [9.17, 15) is 9.59 Å². The van der Waals surface area contributed by atoms with E-state index in [4.69, 9.17) is 0 Å². The van der Waals surface area contributed by atoms with Gasteiger partial charge in [0.05, 0.1) is 16.6 Å². The third-order valence-corrected chi connectivity index (χ3v) is 4.85. The monoisotopic (exact) mass is 318 g/mol. The van der Waals surface area contributed by atoms with Gasteiger partial charge in [-0.05, 0) is 26.0 Å². The number of aryl methyl sites for hydroxylation is 2. The first-order valence-electron chi connectivity index (χ1n) is 7.21. The van der Waals surface area contributed by atoms with Crippen LogP contribution in [0, 0.1) is 13.8 Å². The Morgan fingerprint density at radius 1 is 1.09 bits per heavy atom. The number of carbonyl (C=O) groups is 2. The van der Waals surface area contributed by atoms with Gasteiger partial charge < -0.3 is 9.80 Å². The minimum atomic E-state index is -0.0229. The van der Waals surface area contributed by atoms with Crippen LogP contribution in [0.3, 0.4) is 0 Å². The fourth-order valence-electron chi connectivity index (χ4n) is 2.55. The summed E-state index contributed by atoms with van der Waals surface area (Å²) in [6.07, 6.45) is 1.56. The number of piperazine rings is 1. The van der Waals surface area contributed by atoms with Gasteiger partial charge in [-0.15, -0.1) is 11.3 Å². The summed E-state index contributed by atoms with van der Waals surface area (Å²) in [5, 5.41) is 6.67. The van der Waals surface area contributed by atoms with Crippen molar-refractivity contribution < 1.29 is 9.59 Å². The van der Waals surface area contributed by atoms with Crippen LogP contribution in [0.15, 0.2) is 18.3 Å². The first-order valence-corrected chi connectivity index (χ1v) is 8.03. The van der Waals surface area contributed by atoms with E-state index in [1.807, 2.05) is 30.9 Å². The molecule has 1 aliphatic rings. The van der Waals surface area contributed by atoms with Crippen LogP contribution in [0.5, 0.6) is 0 Å². The van der Waals surface area contributed by atoms with Crippen molar-refractivity contribution in [2.45, 2.75) is 13.8 Å². The van der Waals surface area contributed by atoms with Crippen molar-refractivity contribution >= 4 is 23.2 Å². The number of hydrogen-bond donors (Lipinski definition) is 1. The van der Waals surface area contributed by atoms with Crippen molar-refractivity contribution in [3.05, 3.63) is 39.3 Å². The van der Waals surface area contributed by atoms with Gasteiger partial charge in [-0.3, -0.25) is 14.7 Å². The van der Waals surface area contributed by atoms with Crippen LogP contribution in [-0.2, 0) is 0 Å². The number of thiophene rings is 1. The zero-order valence-corrected chi connectivity index (χ0v) is 13.4. The molecule has 2 aromatic heterocycles. The summed E-state index contributed by atoms with van der Waals surface area (Å²) < 4.78 is 0. The highest BCUT2D eigenvalue weighted by Gasteiger charge is 2.27. The quantitative estimate of drug-likeness (QED) is 0.916. The second-order valence-electron chi connectivity index (χ2n) is 5.40. The average Bonchev–Trinajstić information content (AvgIpc) is 3.14. The van der Waals surface area contributed by atoms with Crippen LogP contribution in [-0.4, -0.2) is 58.0 Å². The van der Waals surface area contributed by atoms with Gasteiger partial charge in [0.15, 0.2) is 0 Å². The van der Waals surface area contributed by atoms with Crippen LogP contribution in [0.2, 0.25) is 0 Å². The molecule has 2 aromatic rings. The van der Waals surface area contributed by atoms with Crippen LogP contribution in [0.4, 0.5) is 0 Å². The van der Waals surface area contributed by atoms with E-state index in [2.05, 4.69) is 10.2 Å². The molecule has 6 nitrogen and oxygen atoms in total. The van der Waals surface area contributed by atoms with Gasteiger partial charge in [0, 0.05) is 36.8 Å². The van der Waals surface area contributed by atoms with E-state index in [1.54, 1.807) is 11.1 Å². The molecule has 116 valence electrons. The molecule has 0 aliphatic carbocycles. The molecule has 0 unspecified atom stereocenters. The van der Waals surface area contributed by atoms with Crippen molar-refractivity contribution in [2.75, 3.05) is 26.2 Å². The zero-order chi connectivity index (χ0) is 15.7. The number of nitrogens with zero attached hydrogens (tertiary/aromatic N) is 3. The summed E-state index contributed by atoms with van der Waals surface area (Å²) in [6, 6.07) is 3.83. The normalized spacial score (nSPS) is 15.2. The van der Waals surface area contributed by atoms with Gasteiger partial charge in [0.25, 0.3) is 11.8 Å². The third kappa shape index (κ3) is 2.76. The number of aromatic nitrogens is 2. The second-order valence-corrected chi connectivity index (χ2v) is 6.69. The summed E-state index contributed by atoms with van der Waals surface area (Å²) in [4.78, 5) is 30.3. The molecule has 7 heteroatoms. The number of nitrogens with one attached hydrogen (secondary N) is 1. The van der Waals surface area contributed by atoms with Crippen LogP contribution >= 0.6 is 11.3 Å². The van der Waals surface area contributed by atoms with Crippen molar-refractivity contribution in [1.82, 2.24) is 20.0 Å². The van der Waals surface area contributed by atoms with E-state index in [0.29, 0.717) is 31.7 Å². The molecule has 1 fully saturated rings. The Morgan fingerprint density at radius 3 is 2.23 bits per heavy atom. The summed E-state index contributed by atoms with van der Waals surface area (Å²) in [7, 11) is 0. The van der Waals surface area contributed by atoms with E-state index in [0.717, 1.165) is 15.4 Å². The van der Waals surface area contributed by atoms with Crippen molar-refractivity contribution in [2.24, 2.45) is 0 Å². The maximum absolute atomic E-state index is 12.4. The highest BCUT2D eigenvalue weighted by molar-refractivity contribution is 7.13. The Morgan fingerprint density at radius 2 is 1.73 bits per heavy atom. The number of carbonyl (C=O) groups excluding carboxylic acids is 2. The Balaban J connectivity index is 1.62. The molecule has 0 aromatic carbocycles. The molecule has 0 bridgehead atoms. The third-order valence-electron chi connectivity index (χ3n) is 3.87. The summed E-state index contributed by atoms with van der Waals surface area (Å²) >= 11 is 1.51. The standard InChI is InChI=1S/C15H18N4O2S/c1-10-3-4-13(22-10)15(21)19-7-5-18(6-8-19)14(20)12-9-16-17-11(12)2/h3-4,9H,5-8H2,1-2H3,(H,16,17). The smallest absolute Gasteiger partial charge is 0.264 e. The van der Waals surface area contributed by atoms with Crippen molar-refractivity contribution in [3.63, 3.8) is 0 Å². The van der Waals surface area contributed by atoms with E-state index in [1.165, 1.54) is 11.3 Å². The fourth-order valence-corrected chi connectivity index (χ4v) is 3.39. The average molecular weight is 318 g/mol. The molecule has 1 saturated heterocycles. The summed E-state index contributed by atoms with van der Waals surface area (Å²) in [5.41, 5.74) is 1.38. The number of aromatic amines is 1. The van der Waals surface area contributed by atoms with Gasteiger partial charge in [0.1, 0.15) is 0 Å². The number of rotatable bonds is 2. The minimum Gasteiger partial charge on any atom is -0.335 e. The number of hydrogen-bond acceptors (Lipinski definition) is 4. The van der Waals surface area contributed by atoms with Gasteiger partial charge in [0.2, 0.25) is 0 Å². The highest BCUT2D eigenvalue weighted by atomic mass is 32.1. The van der Waals surface area contributed by atoms with Crippen molar-refractivity contribution in [3.8, 4) is 0 Å². The Kier molecular flexibility index (Phi) is 3.98. The summed E-state index contributed by atoms with van der Waals surface area (Å²) in [5.74, 6) is 0.0370. The largest absolute Gasteiger partial charge is 0.335 e. The summed E-state index contributed by atoms with van der Waals surface area (Å²) in [6.45, 7) is 6.07. The topological polar surface area (TPSA) is 69.3 Å². The molecule has 1 N–H and O–H groups in total. The predicted octanol–water partition coefficient (Wildman–Crippen LogP) is 1.69. The van der Waals surface area contributed by atoms with E-state index in [-0.39, 0.29) is 11.8 Å². The molecule has 3 rings (SSSR count). The SMILES string of the molecule is Cc1ccc(C(=O)N2CCN(C(=O)c3cn[nH]c3C)CC2)s1. The van der Waals surface area contributed by atoms with E-state index >= 15 is 0 Å². The zero-order valence-electron chi connectivity index (χ0n) is 12.6. The Bertz CT molecular complexity index is 698. The molecule has 0 atom stereocenters. The molecule has 3 heterocycles. The Labute approximate surface area is 132 Å². The minimum absolute atomic E-state index is 0.0229. The van der Waals surface area contributed by atoms with Crippen LogP contribution in [0.25, 0.3) is 0 Å². The van der Waals surface area contributed by atoms with E-state index < -0.39 is 0 Å². The van der Waals surface area contributed by atoms with Crippen LogP contribution in [0.1, 0.15) is 30.6 Å². The van der Waals surface area contributed by atoms with Gasteiger partial charge in [-0.1, -0.05) is 0 Å². The first-order chi connectivity index (χ1) is 10.6. The van der Waals surface area contributed by atoms with Crippen LogP contribution < -0.4 is 0 Å². The molecular formula is C15H18N4O2S. The second kappa shape index (κ2) is 5.92. The molecular weight excluding hydrogens is 300 g/mol. The number of H-pyrrole nitrogens is 1. The molecule has 1 aliphatic heterocycles. The van der Waals surface area contributed by atoms with Gasteiger partial charge in [-0.2, -0.15) is 5.10 Å². The van der Waals surface area contributed by atoms with Gasteiger partial charge >= 0.3 is 0 Å². The van der Waals surface area contributed by atoms with Crippen molar-refractivity contribution in [1.29, 1.82) is 0 Å². The lowest BCUT2D eigenvalue weighted by Gasteiger charge is -2.34. The fraction of sp³-hybridized carbons (Fsp3) is 0.400. The highest BCUT2D eigenvalue weighted by Crippen LogP contribution is 2.18.